The molecule has 0 spiro atoms. The Morgan fingerprint density at radius 3 is 1.74 bits per heavy atom. The predicted octanol–water partition coefficient (Wildman–Crippen LogP) is 5.04. The molecule has 0 aromatic heterocycles. The summed E-state index contributed by atoms with van der Waals surface area (Å²) >= 11 is 0. The van der Waals surface area contributed by atoms with Gasteiger partial charge in [0.25, 0.3) is 0 Å². The van der Waals surface area contributed by atoms with Gasteiger partial charge in [0.2, 0.25) is 5.91 Å². The number of carbonyl (C=O) groups is 1. The van der Waals surface area contributed by atoms with E-state index in [2.05, 4.69) is 10.6 Å². The van der Waals surface area contributed by atoms with Crippen molar-refractivity contribution in [1.82, 2.24) is 0 Å². The Morgan fingerprint density at radius 2 is 1.30 bits per heavy atom. The smallest absolute Gasteiger partial charge is 0.356 e. The molecule has 0 bridgehead atoms. The van der Waals surface area contributed by atoms with Gasteiger partial charge in [0.15, 0.2) is 0 Å². The fourth-order valence-electron chi connectivity index (χ4n) is 1.83. The van der Waals surface area contributed by atoms with E-state index in [4.69, 9.17) is 0 Å². The van der Waals surface area contributed by atoms with Gasteiger partial charge in [-0.1, -0.05) is 13.8 Å². The minimum Gasteiger partial charge on any atom is -0.356 e. The molecule has 0 atom stereocenters. The van der Waals surface area contributed by atoms with Crippen molar-refractivity contribution >= 4 is 23.0 Å². The zero-order valence-electron chi connectivity index (χ0n) is 12.7. The maximum Gasteiger partial charge on any atom is 0.416 e. The van der Waals surface area contributed by atoms with Gasteiger partial charge in [-0.15, -0.1) is 0 Å². The number of nitrogens with one attached hydrogen (secondary N) is 2. The third kappa shape index (κ3) is 4.74. The minimum atomic E-state index is -4.34. The van der Waals surface area contributed by atoms with Crippen molar-refractivity contribution in [3.05, 3.63) is 54.1 Å². The average Bonchev–Trinajstić information content (AvgIpc) is 2.49. The maximum absolute atomic E-state index is 12.5. The topological polar surface area (TPSA) is 41.1 Å². The summed E-state index contributed by atoms with van der Waals surface area (Å²) in [6.45, 7) is 3.60. The van der Waals surface area contributed by atoms with Crippen LogP contribution in [0.4, 0.5) is 30.2 Å². The summed E-state index contributed by atoms with van der Waals surface area (Å²) in [7, 11) is 0. The van der Waals surface area contributed by atoms with E-state index in [9.17, 15) is 18.0 Å². The molecule has 1 amide bonds. The molecule has 0 aliphatic heterocycles. The van der Waals surface area contributed by atoms with Crippen molar-refractivity contribution < 1.29 is 18.0 Å². The van der Waals surface area contributed by atoms with Crippen LogP contribution < -0.4 is 10.6 Å². The van der Waals surface area contributed by atoms with Crippen molar-refractivity contribution in [3.8, 4) is 0 Å². The highest BCUT2D eigenvalue weighted by atomic mass is 19.4. The summed E-state index contributed by atoms with van der Waals surface area (Å²) in [5.41, 5.74) is 1.25. The van der Waals surface area contributed by atoms with Gasteiger partial charge in [-0.05, 0) is 48.5 Å². The number of benzene rings is 2. The molecule has 23 heavy (non-hydrogen) atoms. The summed E-state index contributed by atoms with van der Waals surface area (Å²) in [6, 6.07) is 11.7. The normalized spacial score (nSPS) is 11.4. The molecular weight excluding hydrogens is 305 g/mol. The SMILES string of the molecule is CC(C)C(=O)Nc1ccc(Nc2ccc(C(F)(F)F)cc2)cc1. The molecule has 2 aromatic rings. The van der Waals surface area contributed by atoms with Crippen molar-refractivity contribution in [2.75, 3.05) is 10.6 Å². The van der Waals surface area contributed by atoms with Gasteiger partial charge >= 0.3 is 6.18 Å². The number of amides is 1. The van der Waals surface area contributed by atoms with Crippen LogP contribution in [0.3, 0.4) is 0 Å². The summed E-state index contributed by atoms with van der Waals surface area (Å²) in [4.78, 5) is 11.6. The summed E-state index contributed by atoms with van der Waals surface area (Å²) in [5.74, 6) is -0.187. The van der Waals surface area contributed by atoms with E-state index in [0.29, 0.717) is 17.1 Å². The molecule has 0 saturated heterocycles. The average molecular weight is 322 g/mol. The van der Waals surface area contributed by atoms with E-state index < -0.39 is 11.7 Å². The lowest BCUT2D eigenvalue weighted by Crippen LogP contribution is -2.17. The van der Waals surface area contributed by atoms with Gasteiger partial charge in [-0.3, -0.25) is 4.79 Å². The molecule has 0 aliphatic carbocycles. The van der Waals surface area contributed by atoms with E-state index in [1.165, 1.54) is 12.1 Å². The Morgan fingerprint density at radius 1 is 0.870 bits per heavy atom. The highest BCUT2D eigenvalue weighted by Gasteiger charge is 2.29. The molecule has 2 N–H and O–H groups in total. The first-order chi connectivity index (χ1) is 10.8. The molecular formula is C17H17F3N2O. The lowest BCUT2D eigenvalue weighted by Gasteiger charge is -2.11. The van der Waals surface area contributed by atoms with Crippen molar-refractivity contribution in [2.24, 2.45) is 5.92 Å². The highest BCUT2D eigenvalue weighted by Crippen LogP contribution is 2.30. The van der Waals surface area contributed by atoms with Gasteiger partial charge in [0.1, 0.15) is 0 Å². The standard InChI is InChI=1S/C17H17F3N2O/c1-11(2)16(23)22-15-9-7-14(8-10-15)21-13-5-3-12(4-6-13)17(18,19)20/h3-11,21H,1-2H3,(H,22,23). The molecule has 0 unspecified atom stereocenters. The Kier molecular flexibility index (Phi) is 4.93. The first-order valence-electron chi connectivity index (χ1n) is 7.11. The van der Waals surface area contributed by atoms with Crippen LogP contribution in [-0.2, 0) is 11.0 Å². The number of anilines is 3. The molecule has 122 valence electrons. The Labute approximate surface area is 132 Å². The Bertz CT molecular complexity index is 662. The van der Waals surface area contributed by atoms with E-state index >= 15 is 0 Å². The Balaban J connectivity index is 2.02. The molecule has 2 aromatic carbocycles. The van der Waals surface area contributed by atoms with Crippen LogP contribution in [-0.4, -0.2) is 5.91 Å². The van der Waals surface area contributed by atoms with Crippen LogP contribution in [0.5, 0.6) is 0 Å². The van der Waals surface area contributed by atoms with Crippen LogP contribution >= 0.6 is 0 Å². The molecule has 0 heterocycles. The number of alkyl halides is 3. The third-order valence-electron chi connectivity index (χ3n) is 3.18. The van der Waals surface area contributed by atoms with Gasteiger partial charge in [0, 0.05) is 23.0 Å². The third-order valence-corrected chi connectivity index (χ3v) is 3.18. The van der Waals surface area contributed by atoms with Crippen molar-refractivity contribution in [2.45, 2.75) is 20.0 Å². The first-order valence-corrected chi connectivity index (χ1v) is 7.11. The lowest BCUT2D eigenvalue weighted by atomic mass is 10.2. The van der Waals surface area contributed by atoms with E-state index in [0.717, 1.165) is 12.1 Å². The maximum atomic E-state index is 12.5. The highest BCUT2D eigenvalue weighted by molar-refractivity contribution is 5.92. The molecule has 0 radical (unpaired) electrons. The fraction of sp³-hybridized carbons (Fsp3) is 0.235. The molecule has 0 aliphatic rings. The summed E-state index contributed by atoms with van der Waals surface area (Å²) < 4.78 is 37.5. The van der Waals surface area contributed by atoms with Crippen molar-refractivity contribution in [3.63, 3.8) is 0 Å². The van der Waals surface area contributed by atoms with Gasteiger partial charge < -0.3 is 10.6 Å². The first kappa shape index (κ1) is 16.9. The van der Waals surface area contributed by atoms with Crippen LogP contribution in [0, 0.1) is 5.92 Å². The zero-order valence-corrected chi connectivity index (χ0v) is 12.7. The largest absolute Gasteiger partial charge is 0.416 e. The van der Waals surface area contributed by atoms with Crippen LogP contribution in [0.15, 0.2) is 48.5 Å². The molecule has 3 nitrogen and oxygen atoms in total. The van der Waals surface area contributed by atoms with Crippen LogP contribution in [0.25, 0.3) is 0 Å². The summed E-state index contributed by atoms with van der Waals surface area (Å²) in [5, 5.41) is 5.77. The number of halogens is 3. The number of rotatable bonds is 4. The number of hydrogen-bond acceptors (Lipinski definition) is 2. The van der Waals surface area contributed by atoms with E-state index in [1.54, 1.807) is 38.1 Å². The molecule has 0 saturated carbocycles. The number of hydrogen-bond donors (Lipinski definition) is 2. The monoisotopic (exact) mass is 322 g/mol. The van der Waals surface area contributed by atoms with Gasteiger partial charge in [0.05, 0.1) is 5.56 Å². The minimum absolute atomic E-state index is 0.0755. The second kappa shape index (κ2) is 6.73. The van der Waals surface area contributed by atoms with Gasteiger partial charge in [-0.2, -0.15) is 13.2 Å². The molecule has 2 rings (SSSR count). The number of carbonyl (C=O) groups excluding carboxylic acids is 1. The van der Waals surface area contributed by atoms with Crippen LogP contribution in [0.2, 0.25) is 0 Å². The molecule has 0 fully saturated rings. The quantitative estimate of drug-likeness (QED) is 0.827. The molecule has 6 heteroatoms. The fourth-order valence-corrected chi connectivity index (χ4v) is 1.83. The van der Waals surface area contributed by atoms with E-state index in [-0.39, 0.29) is 11.8 Å². The predicted molar refractivity (Wildman–Crippen MR) is 84.6 cm³/mol. The van der Waals surface area contributed by atoms with Crippen molar-refractivity contribution in [1.29, 1.82) is 0 Å². The van der Waals surface area contributed by atoms with E-state index in [1.807, 2.05) is 0 Å². The van der Waals surface area contributed by atoms with Gasteiger partial charge in [-0.25, -0.2) is 0 Å². The summed E-state index contributed by atoms with van der Waals surface area (Å²) in [6.07, 6.45) is -4.34. The Hall–Kier alpha value is -2.50. The lowest BCUT2D eigenvalue weighted by molar-refractivity contribution is -0.137. The second-order valence-electron chi connectivity index (χ2n) is 5.42. The van der Waals surface area contributed by atoms with Crippen LogP contribution in [0.1, 0.15) is 19.4 Å². The second-order valence-corrected chi connectivity index (χ2v) is 5.42. The zero-order chi connectivity index (χ0) is 17.0.